The maximum Gasteiger partial charge on any atom is 0.244 e. The van der Waals surface area contributed by atoms with Gasteiger partial charge in [0.15, 0.2) is 0 Å². The number of anilines is 2. The third-order valence-corrected chi connectivity index (χ3v) is 2.53. The molecule has 4 heteroatoms. The zero-order valence-corrected chi connectivity index (χ0v) is 9.36. The van der Waals surface area contributed by atoms with E-state index in [9.17, 15) is 9.59 Å². The van der Waals surface area contributed by atoms with Crippen molar-refractivity contribution in [2.45, 2.75) is 13.8 Å². The van der Waals surface area contributed by atoms with Crippen molar-refractivity contribution in [3.63, 3.8) is 0 Å². The minimum Gasteiger partial charge on any atom is -0.323 e. The lowest BCUT2D eigenvalue weighted by atomic mass is 10.1. The van der Waals surface area contributed by atoms with E-state index >= 15 is 0 Å². The molecule has 0 aromatic heterocycles. The van der Waals surface area contributed by atoms with Gasteiger partial charge in [0.05, 0.1) is 11.4 Å². The van der Waals surface area contributed by atoms with Crippen LogP contribution in [0.15, 0.2) is 24.3 Å². The van der Waals surface area contributed by atoms with Gasteiger partial charge >= 0.3 is 0 Å². The molecule has 0 aliphatic carbocycles. The highest BCUT2D eigenvalue weighted by Gasteiger charge is 2.27. The van der Waals surface area contributed by atoms with E-state index in [2.05, 4.69) is 5.32 Å². The molecule has 1 aromatic carbocycles. The highest BCUT2D eigenvalue weighted by Crippen LogP contribution is 2.29. The molecule has 84 valence electrons. The average molecular weight is 218 g/mol. The Morgan fingerprint density at radius 1 is 1.38 bits per heavy atom. The number of nitrogens with zero attached hydrogens (tertiary/aromatic N) is 1. The van der Waals surface area contributed by atoms with Crippen molar-refractivity contribution in [1.29, 1.82) is 0 Å². The van der Waals surface area contributed by atoms with Gasteiger partial charge in [0, 0.05) is 5.92 Å². The maximum absolute atomic E-state index is 12.0. The third-order valence-electron chi connectivity index (χ3n) is 2.53. The summed E-state index contributed by atoms with van der Waals surface area (Å²) in [6, 6.07) is 7.33. The summed E-state index contributed by atoms with van der Waals surface area (Å²) in [6.45, 7) is 3.77. The van der Waals surface area contributed by atoms with Crippen LogP contribution < -0.4 is 10.2 Å². The molecule has 16 heavy (non-hydrogen) atoms. The fourth-order valence-corrected chi connectivity index (χ4v) is 1.74. The molecule has 0 bridgehead atoms. The molecular formula is C12H14N2O2. The molecule has 1 heterocycles. The van der Waals surface area contributed by atoms with Gasteiger partial charge in [-0.25, -0.2) is 0 Å². The SMILES string of the molecule is CC(C)C(=O)N1CC(=O)Nc2ccccc21. The standard InChI is InChI=1S/C12H14N2O2/c1-8(2)12(16)14-7-11(15)13-9-5-3-4-6-10(9)14/h3-6,8H,7H2,1-2H3,(H,13,15). The van der Waals surface area contributed by atoms with Crippen LogP contribution in [-0.2, 0) is 9.59 Å². The zero-order chi connectivity index (χ0) is 11.7. The van der Waals surface area contributed by atoms with E-state index in [0.29, 0.717) is 5.69 Å². The number of nitrogens with one attached hydrogen (secondary N) is 1. The van der Waals surface area contributed by atoms with E-state index in [1.807, 2.05) is 32.0 Å². The molecule has 0 saturated heterocycles. The van der Waals surface area contributed by atoms with Gasteiger partial charge in [-0.2, -0.15) is 0 Å². The molecular weight excluding hydrogens is 204 g/mol. The second-order valence-corrected chi connectivity index (χ2v) is 4.14. The molecule has 0 unspecified atom stereocenters. The Labute approximate surface area is 94.2 Å². The number of para-hydroxylation sites is 2. The van der Waals surface area contributed by atoms with Crippen molar-refractivity contribution in [3.05, 3.63) is 24.3 Å². The predicted octanol–water partition coefficient (Wildman–Crippen LogP) is 1.63. The Hall–Kier alpha value is -1.84. The van der Waals surface area contributed by atoms with E-state index in [1.54, 1.807) is 11.0 Å². The summed E-state index contributed by atoms with van der Waals surface area (Å²) in [6.07, 6.45) is 0. The molecule has 0 radical (unpaired) electrons. The maximum atomic E-state index is 12.0. The Morgan fingerprint density at radius 3 is 2.75 bits per heavy atom. The van der Waals surface area contributed by atoms with E-state index in [4.69, 9.17) is 0 Å². The Balaban J connectivity index is 2.41. The summed E-state index contributed by atoms with van der Waals surface area (Å²) in [5.74, 6) is -0.283. The number of hydrogen-bond donors (Lipinski definition) is 1. The largest absolute Gasteiger partial charge is 0.323 e. The van der Waals surface area contributed by atoms with Crippen LogP contribution in [0.4, 0.5) is 11.4 Å². The van der Waals surface area contributed by atoms with E-state index in [0.717, 1.165) is 5.69 Å². The van der Waals surface area contributed by atoms with E-state index < -0.39 is 0 Å². The molecule has 0 fully saturated rings. The molecule has 2 amide bonds. The van der Waals surface area contributed by atoms with Crippen LogP contribution in [0, 0.1) is 5.92 Å². The van der Waals surface area contributed by atoms with Gasteiger partial charge in [-0.15, -0.1) is 0 Å². The molecule has 1 aromatic rings. The van der Waals surface area contributed by atoms with Gasteiger partial charge in [-0.1, -0.05) is 26.0 Å². The summed E-state index contributed by atoms with van der Waals surface area (Å²) >= 11 is 0. The van der Waals surface area contributed by atoms with Gasteiger partial charge in [-0.3, -0.25) is 9.59 Å². The number of carbonyl (C=O) groups excluding carboxylic acids is 2. The van der Waals surface area contributed by atoms with Gasteiger partial charge < -0.3 is 10.2 Å². The number of fused-ring (bicyclic) bond motifs is 1. The molecule has 2 rings (SSSR count). The summed E-state index contributed by atoms with van der Waals surface area (Å²) in [5.41, 5.74) is 1.48. The predicted molar refractivity (Wildman–Crippen MR) is 62.3 cm³/mol. The summed E-state index contributed by atoms with van der Waals surface area (Å²) < 4.78 is 0. The molecule has 0 saturated carbocycles. The second kappa shape index (κ2) is 3.96. The van der Waals surface area contributed by atoms with E-state index in [-0.39, 0.29) is 24.3 Å². The van der Waals surface area contributed by atoms with Crippen LogP contribution >= 0.6 is 0 Å². The normalized spacial score (nSPS) is 14.7. The first-order valence-electron chi connectivity index (χ1n) is 5.30. The van der Waals surface area contributed by atoms with Crippen molar-refractivity contribution < 1.29 is 9.59 Å². The van der Waals surface area contributed by atoms with Gasteiger partial charge in [-0.05, 0) is 12.1 Å². The molecule has 4 nitrogen and oxygen atoms in total. The topological polar surface area (TPSA) is 49.4 Å². The number of amides is 2. The number of carbonyl (C=O) groups is 2. The lowest BCUT2D eigenvalue weighted by Crippen LogP contribution is -2.43. The zero-order valence-electron chi connectivity index (χ0n) is 9.36. The van der Waals surface area contributed by atoms with Gasteiger partial charge in [0.2, 0.25) is 11.8 Å². The lowest BCUT2D eigenvalue weighted by molar-refractivity contribution is -0.123. The molecule has 0 atom stereocenters. The van der Waals surface area contributed by atoms with Crippen LogP contribution in [0.1, 0.15) is 13.8 Å². The summed E-state index contributed by atoms with van der Waals surface area (Å²) in [7, 11) is 0. The highest BCUT2D eigenvalue weighted by molar-refractivity contribution is 6.10. The first-order valence-corrected chi connectivity index (χ1v) is 5.30. The quantitative estimate of drug-likeness (QED) is 0.778. The first-order chi connectivity index (χ1) is 7.59. The van der Waals surface area contributed by atoms with Crippen LogP contribution in [0.5, 0.6) is 0 Å². The summed E-state index contributed by atoms with van der Waals surface area (Å²) in [5, 5.41) is 2.75. The van der Waals surface area contributed by atoms with Crippen molar-refractivity contribution in [3.8, 4) is 0 Å². The minimum absolute atomic E-state index is 0.0256. The Bertz CT molecular complexity index is 440. The smallest absolute Gasteiger partial charge is 0.244 e. The molecule has 1 aliphatic rings. The fourth-order valence-electron chi connectivity index (χ4n) is 1.74. The average Bonchev–Trinajstić information content (AvgIpc) is 2.26. The van der Waals surface area contributed by atoms with Crippen LogP contribution in [0.2, 0.25) is 0 Å². The number of benzene rings is 1. The minimum atomic E-state index is -0.146. The van der Waals surface area contributed by atoms with Gasteiger partial charge in [0.25, 0.3) is 0 Å². The van der Waals surface area contributed by atoms with Crippen molar-refractivity contribution in [2.24, 2.45) is 5.92 Å². The van der Waals surface area contributed by atoms with Crippen molar-refractivity contribution in [2.75, 3.05) is 16.8 Å². The Morgan fingerprint density at radius 2 is 2.06 bits per heavy atom. The number of rotatable bonds is 1. The molecule has 0 spiro atoms. The summed E-state index contributed by atoms with van der Waals surface area (Å²) in [4.78, 5) is 25.0. The molecule has 1 aliphatic heterocycles. The fraction of sp³-hybridized carbons (Fsp3) is 0.333. The second-order valence-electron chi connectivity index (χ2n) is 4.14. The van der Waals surface area contributed by atoms with E-state index in [1.165, 1.54) is 0 Å². The Kier molecular flexibility index (Phi) is 2.64. The van der Waals surface area contributed by atoms with Gasteiger partial charge in [0.1, 0.15) is 6.54 Å². The lowest BCUT2D eigenvalue weighted by Gasteiger charge is -2.30. The third kappa shape index (κ3) is 1.78. The van der Waals surface area contributed by atoms with Crippen molar-refractivity contribution >= 4 is 23.2 Å². The van der Waals surface area contributed by atoms with Crippen molar-refractivity contribution in [1.82, 2.24) is 0 Å². The monoisotopic (exact) mass is 218 g/mol. The first kappa shape index (κ1) is 10.7. The van der Waals surface area contributed by atoms with Crippen LogP contribution in [-0.4, -0.2) is 18.4 Å². The van der Waals surface area contributed by atoms with Crippen LogP contribution in [0.3, 0.4) is 0 Å². The number of hydrogen-bond acceptors (Lipinski definition) is 2. The highest BCUT2D eigenvalue weighted by atomic mass is 16.2. The van der Waals surface area contributed by atoms with Crippen LogP contribution in [0.25, 0.3) is 0 Å². The molecule has 1 N–H and O–H groups in total.